The lowest BCUT2D eigenvalue weighted by Gasteiger charge is -2.09. The summed E-state index contributed by atoms with van der Waals surface area (Å²) in [7, 11) is 3.75. The zero-order valence-electron chi connectivity index (χ0n) is 9.15. The van der Waals surface area contributed by atoms with Gasteiger partial charge in [-0.3, -0.25) is 14.9 Å². The molecular weight excluding hydrogens is 212 g/mol. The number of amides is 2. The first-order valence-electron chi connectivity index (χ1n) is 4.69. The van der Waals surface area contributed by atoms with Crippen LogP contribution in [0.15, 0.2) is 6.33 Å². The fraction of sp³-hybridized carbons (Fsp3) is 0.500. The highest BCUT2D eigenvalue weighted by atomic mass is 16.2. The first-order chi connectivity index (χ1) is 7.59. The second-order valence-electron chi connectivity index (χ2n) is 3.35. The summed E-state index contributed by atoms with van der Waals surface area (Å²) in [6.45, 7) is 1.08. The topological polar surface area (TPSA) is 103 Å². The number of likely N-dealkylation sites (N-methyl/N-ethyl adjacent to an activating group) is 1. The van der Waals surface area contributed by atoms with Crippen molar-refractivity contribution in [3.8, 4) is 0 Å². The van der Waals surface area contributed by atoms with E-state index in [1.165, 1.54) is 6.33 Å². The van der Waals surface area contributed by atoms with Gasteiger partial charge < -0.3 is 10.2 Å². The minimum absolute atomic E-state index is 0.146. The molecule has 0 fully saturated rings. The number of rotatable bonds is 4. The molecule has 88 valence electrons. The van der Waals surface area contributed by atoms with E-state index in [0.717, 1.165) is 0 Å². The molecule has 0 atom stereocenters. The fourth-order valence-electron chi connectivity index (χ4n) is 0.903. The van der Waals surface area contributed by atoms with Crippen LogP contribution in [0.1, 0.15) is 0 Å². The van der Waals surface area contributed by atoms with E-state index >= 15 is 0 Å². The minimum atomic E-state index is -0.768. The maximum atomic E-state index is 11.3. The van der Waals surface area contributed by atoms with E-state index in [9.17, 15) is 9.59 Å². The maximum Gasteiger partial charge on any atom is 0.316 e. The molecular formula is C8H14N6O2. The van der Waals surface area contributed by atoms with Crippen molar-refractivity contribution in [3.63, 3.8) is 0 Å². The van der Waals surface area contributed by atoms with Crippen molar-refractivity contribution >= 4 is 17.8 Å². The van der Waals surface area contributed by atoms with Gasteiger partial charge in [0.05, 0.1) is 0 Å². The van der Waals surface area contributed by atoms with Crippen LogP contribution < -0.4 is 10.6 Å². The minimum Gasteiger partial charge on any atom is -0.347 e. The van der Waals surface area contributed by atoms with Crippen molar-refractivity contribution in [1.82, 2.24) is 25.4 Å². The molecule has 8 nitrogen and oxygen atoms in total. The van der Waals surface area contributed by atoms with Crippen molar-refractivity contribution in [2.75, 3.05) is 32.5 Å². The Hall–Kier alpha value is -1.96. The SMILES string of the molecule is CN(C)CCNC(=O)C(=O)Nc1ncn[nH]1. The number of nitrogens with zero attached hydrogens (tertiary/aromatic N) is 3. The molecule has 1 heterocycles. The molecule has 0 aliphatic heterocycles. The van der Waals surface area contributed by atoms with Crippen molar-refractivity contribution < 1.29 is 9.59 Å². The van der Waals surface area contributed by atoms with Gasteiger partial charge in [0.15, 0.2) is 0 Å². The Morgan fingerprint density at radius 1 is 1.44 bits per heavy atom. The molecule has 0 bridgehead atoms. The van der Waals surface area contributed by atoms with Gasteiger partial charge in [-0.1, -0.05) is 0 Å². The summed E-state index contributed by atoms with van der Waals surface area (Å²) in [5.41, 5.74) is 0. The number of aromatic amines is 1. The highest BCUT2D eigenvalue weighted by Crippen LogP contribution is 1.91. The van der Waals surface area contributed by atoms with Gasteiger partial charge in [0.2, 0.25) is 5.95 Å². The Balaban J connectivity index is 2.28. The predicted octanol–water partition coefficient (Wildman–Crippen LogP) is -1.58. The first kappa shape index (κ1) is 12.1. The zero-order chi connectivity index (χ0) is 12.0. The van der Waals surface area contributed by atoms with Crippen LogP contribution in [0.5, 0.6) is 0 Å². The van der Waals surface area contributed by atoms with Gasteiger partial charge in [-0.25, -0.2) is 5.10 Å². The fourth-order valence-corrected chi connectivity index (χ4v) is 0.903. The lowest BCUT2D eigenvalue weighted by atomic mass is 10.5. The van der Waals surface area contributed by atoms with Gasteiger partial charge in [-0.05, 0) is 14.1 Å². The number of aromatic nitrogens is 3. The molecule has 0 saturated heterocycles. The van der Waals surface area contributed by atoms with E-state index in [2.05, 4.69) is 25.8 Å². The predicted molar refractivity (Wildman–Crippen MR) is 56.6 cm³/mol. The molecule has 2 amide bonds. The molecule has 0 spiro atoms. The van der Waals surface area contributed by atoms with Crippen molar-refractivity contribution in [1.29, 1.82) is 0 Å². The van der Waals surface area contributed by atoms with Crippen LogP contribution in [-0.4, -0.2) is 59.1 Å². The van der Waals surface area contributed by atoms with E-state index in [0.29, 0.717) is 13.1 Å². The van der Waals surface area contributed by atoms with E-state index < -0.39 is 11.8 Å². The number of carbonyl (C=O) groups is 2. The first-order valence-corrected chi connectivity index (χ1v) is 4.69. The van der Waals surface area contributed by atoms with Gasteiger partial charge in [0.1, 0.15) is 6.33 Å². The van der Waals surface area contributed by atoms with Crippen molar-refractivity contribution in [2.24, 2.45) is 0 Å². The molecule has 0 aromatic carbocycles. The normalized spacial score (nSPS) is 10.2. The number of hydrogen-bond acceptors (Lipinski definition) is 5. The van der Waals surface area contributed by atoms with Crippen molar-refractivity contribution in [2.45, 2.75) is 0 Å². The van der Waals surface area contributed by atoms with Crippen LogP contribution in [0.4, 0.5) is 5.95 Å². The summed E-state index contributed by atoms with van der Waals surface area (Å²) in [5.74, 6) is -1.32. The Morgan fingerprint density at radius 3 is 2.75 bits per heavy atom. The molecule has 0 saturated carbocycles. The van der Waals surface area contributed by atoms with Gasteiger partial charge >= 0.3 is 11.8 Å². The summed E-state index contributed by atoms with van der Waals surface area (Å²) in [6, 6.07) is 0. The highest BCUT2D eigenvalue weighted by Gasteiger charge is 2.13. The van der Waals surface area contributed by atoms with E-state index in [4.69, 9.17) is 0 Å². The Kier molecular flexibility index (Phi) is 4.40. The van der Waals surface area contributed by atoms with Crippen LogP contribution in [0, 0.1) is 0 Å². The third kappa shape index (κ3) is 4.05. The maximum absolute atomic E-state index is 11.3. The Bertz CT molecular complexity index is 347. The van der Waals surface area contributed by atoms with Gasteiger partial charge in [0.25, 0.3) is 0 Å². The second kappa shape index (κ2) is 5.81. The number of nitrogens with one attached hydrogen (secondary N) is 3. The molecule has 16 heavy (non-hydrogen) atoms. The number of hydrogen-bond donors (Lipinski definition) is 3. The number of H-pyrrole nitrogens is 1. The molecule has 1 rings (SSSR count). The standard InChI is InChI=1S/C8H14N6O2/c1-14(2)4-3-9-6(15)7(16)12-8-10-5-11-13-8/h5H,3-4H2,1-2H3,(H,9,15)(H2,10,11,12,13,16). The van der Waals surface area contributed by atoms with Gasteiger partial charge in [0, 0.05) is 13.1 Å². The molecule has 0 aliphatic carbocycles. The molecule has 1 aromatic heterocycles. The average molecular weight is 226 g/mol. The summed E-state index contributed by atoms with van der Waals surface area (Å²) in [4.78, 5) is 28.1. The van der Waals surface area contributed by atoms with Crippen molar-refractivity contribution in [3.05, 3.63) is 6.33 Å². The largest absolute Gasteiger partial charge is 0.347 e. The molecule has 8 heteroatoms. The third-order valence-electron chi connectivity index (χ3n) is 1.70. The molecule has 0 aliphatic rings. The molecule has 3 N–H and O–H groups in total. The summed E-state index contributed by atoms with van der Waals surface area (Å²) in [6.07, 6.45) is 1.24. The summed E-state index contributed by atoms with van der Waals surface area (Å²) < 4.78 is 0. The lowest BCUT2D eigenvalue weighted by molar-refractivity contribution is -0.136. The molecule has 1 aromatic rings. The highest BCUT2D eigenvalue weighted by molar-refractivity contribution is 6.39. The van der Waals surface area contributed by atoms with E-state index in [-0.39, 0.29) is 5.95 Å². The van der Waals surface area contributed by atoms with Crippen LogP contribution in [-0.2, 0) is 9.59 Å². The average Bonchev–Trinajstić information content (AvgIpc) is 2.69. The van der Waals surface area contributed by atoms with Crippen LogP contribution in [0.3, 0.4) is 0 Å². The smallest absolute Gasteiger partial charge is 0.316 e. The van der Waals surface area contributed by atoms with E-state index in [1.807, 2.05) is 19.0 Å². The summed E-state index contributed by atoms with van der Waals surface area (Å²) >= 11 is 0. The van der Waals surface area contributed by atoms with Crippen LogP contribution in [0.2, 0.25) is 0 Å². The van der Waals surface area contributed by atoms with Gasteiger partial charge in [-0.15, -0.1) is 0 Å². The zero-order valence-corrected chi connectivity index (χ0v) is 9.15. The number of anilines is 1. The van der Waals surface area contributed by atoms with E-state index in [1.54, 1.807) is 0 Å². The second-order valence-corrected chi connectivity index (χ2v) is 3.35. The summed E-state index contributed by atoms with van der Waals surface area (Å²) in [5, 5.41) is 10.7. The van der Waals surface area contributed by atoms with Crippen LogP contribution in [0.25, 0.3) is 0 Å². The molecule has 0 radical (unpaired) electrons. The van der Waals surface area contributed by atoms with Crippen LogP contribution >= 0.6 is 0 Å². The quantitative estimate of drug-likeness (QED) is 0.538. The lowest BCUT2D eigenvalue weighted by Crippen LogP contribution is -2.38. The molecule has 0 unspecified atom stereocenters. The third-order valence-corrected chi connectivity index (χ3v) is 1.70. The number of carbonyl (C=O) groups excluding carboxylic acids is 2. The Labute approximate surface area is 92.4 Å². The van der Waals surface area contributed by atoms with Gasteiger partial charge in [-0.2, -0.15) is 10.1 Å². The monoisotopic (exact) mass is 226 g/mol. The Morgan fingerprint density at radius 2 is 2.19 bits per heavy atom.